The average Bonchev–Trinajstić information content (AvgIpc) is 2.49. The highest BCUT2D eigenvalue weighted by atomic mass is 16.5. The molecule has 0 amide bonds. The first-order valence-electron chi connectivity index (χ1n) is 7.85. The number of piperidine rings is 1. The van der Waals surface area contributed by atoms with Crippen molar-refractivity contribution >= 4 is 0 Å². The third kappa shape index (κ3) is 4.22. The Balaban J connectivity index is 1.91. The van der Waals surface area contributed by atoms with E-state index in [1.807, 2.05) is 12.1 Å². The zero-order valence-corrected chi connectivity index (χ0v) is 12.7. The summed E-state index contributed by atoms with van der Waals surface area (Å²) in [6.07, 6.45) is 2.72. The number of ether oxygens (including phenoxy) is 1. The summed E-state index contributed by atoms with van der Waals surface area (Å²) >= 11 is 0. The second-order valence-electron chi connectivity index (χ2n) is 5.71. The van der Waals surface area contributed by atoms with Crippen LogP contribution < -0.4 is 4.74 Å². The molecular weight excluding hydrogens is 250 g/mol. The largest absolute Gasteiger partial charge is 0.494 e. The first kappa shape index (κ1) is 15.3. The molecule has 1 heterocycles. The summed E-state index contributed by atoms with van der Waals surface area (Å²) in [7, 11) is 0. The fraction of sp³-hybridized carbons (Fsp3) is 0.647. The van der Waals surface area contributed by atoms with Crippen LogP contribution in [0.25, 0.3) is 0 Å². The Morgan fingerprint density at radius 2 is 2.00 bits per heavy atom. The molecule has 2 atom stereocenters. The number of aliphatic hydroxyl groups excluding tert-OH is 1. The fourth-order valence-electron chi connectivity index (χ4n) is 2.83. The average molecular weight is 277 g/mol. The van der Waals surface area contributed by atoms with Crippen molar-refractivity contribution in [2.75, 3.05) is 26.2 Å². The molecule has 0 bridgehead atoms. The van der Waals surface area contributed by atoms with Crippen LogP contribution in [0, 0.1) is 5.92 Å². The lowest BCUT2D eigenvalue weighted by Gasteiger charge is -2.35. The highest BCUT2D eigenvalue weighted by Gasteiger charge is 2.26. The number of rotatable bonds is 6. The standard InChI is InChI=1S/C17H27NO2/c1-3-11-20-16-7-5-14(6-8-16)12-15-13-18(4-2)10-9-17(15)19/h5-8,15,17,19H,3-4,9-13H2,1-2H3. The molecule has 0 radical (unpaired) electrons. The molecule has 1 aromatic rings. The normalized spacial score (nSPS) is 23.8. The molecule has 2 unspecified atom stereocenters. The van der Waals surface area contributed by atoms with E-state index in [0.717, 1.165) is 51.3 Å². The second-order valence-corrected chi connectivity index (χ2v) is 5.71. The summed E-state index contributed by atoms with van der Waals surface area (Å²) in [5, 5.41) is 10.2. The maximum absolute atomic E-state index is 10.2. The lowest BCUT2D eigenvalue weighted by Crippen LogP contribution is -2.43. The van der Waals surface area contributed by atoms with Crippen LogP contribution in [0.1, 0.15) is 32.3 Å². The van der Waals surface area contributed by atoms with E-state index in [1.54, 1.807) is 0 Å². The van der Waals surface area contributed by atoms with Gasteiger partial charge in [-0.15, -0.1) is 0 Å². The Bertz CT molecular complexity index is 390. The van der Waals surface area contributed by atoms with Crippen LogP contribution in [-0.2, 0) is 6.42 Å². The summed E-state index contributed by atoms with van der Waals surface area (Å²) in [5.74, 6) is 1.29. The zero-order valence-electron chi connectivity index (χ0n) is 12.7. The van der Waals surface area contributed by atoms with Crippen LogP contribution in [0.4, 0.5) is 0 Å². The third-order valence-electron chi connectivity index (χ3n) is 4.12. The number of benzene rings is 1. The summed E-state index contributed by atoms with van der Waals surface area (Å²) < 4.78 is 5.60. The highest BCUT2D eigenvalue weighted by Crippen LogP contribution is 2.22. The molecule has 0 aromatic heterocycles. The van der Waals surface area contributed by atoms with Gasteiger partial charge in [-0.1, -0.05) is 26.0 Å². The van der Waals surface area contributed by atoms with E-state index >= 15 is 0 Å². The van der Waals surface area contributed by atoms with E-state index in [4.69, 9.17) is 4.74 Å². The molecule has 3 heteroatoms. The van der Waals surface area contributed by atoms with Crippen molar-refractivity contribution in [2.24, 2.45) is 5.92 Å². The molecule has 0 aliphatic carbocycles. The van der Waals surface area contributed by atoms with Crippen molar-refractivity contribution in [1.82, 2.24) is 4.90 Å². The Hall–Kier alpha value is -1.06. The van der Waals surface area contributed by atoms with Crippen LogP contribution in [0.3, 0.4) is 0 Å². The highest BCUT2D eigenvalue weighted by molar-refractivity contribution is 5.27. The van der Waals surface area contributed by atoms with Crippen LogP contribution in [0.15, 0.2) is 24.3 Å². The van der Waals surface area contributed by atoms with Gasteiger partial charge in [0, 0.05) is 19.0 Å². The van der Waals surface area contributed by atoms with Crippen LogP contribution >= 0.6 is 0 Å². The van der Waals surface area contributed by atoms with Gasteiger partial charge in [-0.2, -0.15) is 0 Å². The quantitative estimate of drug-likeness (QED) is 0.868. The van der Waals surface area contributed by atoms with Gasteiger partial charge < -0.3 is 14.7 Å². The van der Waals surface area contributed by atoms with Crippen molar-refractivity contribution in [3.8, 4) is 5.75 Å². The van der Waals surface area contributed by atoms with Gasteiger partial charge in [0.1, 0.15) is 5.75 Å². The summed E-state index contributed by atoms with van der Waals surface area (Å²) in [6.45, 7) is 8.18. The molecule has 2 rings (SSSR count). The van der Waals surface area contributed by atoms with Gasteiger partial charge in [0.15, 0.2) is 0 Å². The minimum Gasteiger partial charge on any atom is -0.494 e. The van der Waals surface area contributed by atoms with E-state index in [-0.39, 0.29) is 6.10 Å². The van der Waals surface area contributed by atoms with E-state index < -0.39 is 0 Å². The molecule has 112 valence electrons. The number of hydrogen-bond donors (Lipinski definition) is 1. The third-order valence-corrected chi connectivity index (χ3v) is 4.12. The minimum atomic E-state index is -0.159. The lowest BCUT2D eigenvalue weighted by atomic mass is 9.89. The molecule has 1 fully saturated rings. The molecule has 0 saturated carbocycles. The topological polar surface area (TPSA) is 32.7 Å². The molecule has 3 nitrogen and oxygen atoms in total. The van der Waals surface area contributed by atoms with Crippen LogP contribution in [0.2, 0.25) is 0 Å². The summed E-state index contributed by atoms with van der Waals surface area (Å²) in [5.41, 5.74) is 1.29. The number of likely N-dealkylation sites (tertiary alicyclic amines) is 1. The molecule has 1 aliphatic heterocycles. The smallest absolute Gasteiger partial charge is 0.119 e. The van der Waals surface area contributed by atoms with Crippen molar-refractivity contribution in [1.29, 1.82) is 0 Å². The van der Waals surface area contributed by atoms with Crippen molar-refractivity contribution < 1.29 is 9.84 Å². The Morgan fingerprint density at radius 3 is 2.65 bits per heavy atom. The van der Waals surface area contributed by atoms with Crippen LogP contribution in [0.5, 0.6) is 5.75 Å². The van der Waals surface area contributed by atoms with E-state index in [1.165, 1.54) is 5.56 Å². The number of hydrogen-bond acceptors (Lipinski definition) is 3. The Labute approximate surface area is 122 Å². The maximum atomic E-state index is 10.2. The minimum absolute atomic E-state index is 0.159. The van der Waals surface area contributed by atoms with Gasteiger partial charge in [0.05, 0.1) is 12.7 Å². The maximum Gasteiger partial charge on any atom is 0.119 e. The molecule has 20 heavy (non-hydrogen) atoms. The summed E-state index contributed by atoms with van der Waals surface area (Å²) in [6, 6.07) is 8.33. The predicted molar refractivity (Wildman–Crippen MR) is 82.2 cm³/mol. The van der Waals surface area contributed by atoms with Gasteiger partial charge >= 0.3 is 0 Å². The van der Waals surface area contributed by atoms with Gasteiger partial charge in [0.25, 0.3) is 0 Å². The van der Waals surface area contributed by atoms with E-state index in [9.17, 15) is 5.11 Å². The van der Waals surface area contributed by atoms with E-state index in [2.05, 4.69) is 30.9 Å². The SMILES string of the molecule is CCCOc1ccc(CC2CN(CC)CCC2O)cc1. The monoisotopic (exact) mass is 277 g/mol. The fourth-order valence-corrected chi connectivity index (χ4v) is 2.83. The first-order valence-corrected chi connectivity index (χ1v) is 7.85. The van der Waals surface area contributed by atoms with Crippen LogP contribution in [-0.4, -0.2) is 42.4 Å². The zero-order chi connectivity index (χ0) is 14.4. The molecule has 1 aliphatic rings. The Kier molecular flexibility index (Phi) is 5.86. The van der Waals surface area contributed by atoms with Crippen molar-refractivity contribution in [3.63, 3.8) is 0 Å². The van der Waals surface area contributed by atoms with E-state index in [0.29, 0.717) is 5.92 Å². The molecule has 1 N–H and O–H groups in total. The summed E-state index contributed by atoms with van der Waals surface area (Å²) in [4.78, 5) is 2.43. The first-order chi connectivity index (χ1) is 9.72. The second kappa shape index (κ2) is 7.65. The van der Waals surface area contributed by atoms with Crippen molar-refractivity contribution in [3.05, 3.63) is 29.8 Å². The Morgan fingerprint density at radius 1 is 1.25 bits per heavy atom. The van der Waals surface area contributed by atoms with Gasteiger partial charge in [0.2, 0.25) is 0 Å². The predicted octanol–water partition coefficient (Wildman–Crippen LogP) is 2.72. The molecule has 0 spiro atoms. The number of aliphatic hydroxyl groups is 1. The van der Waals surface area contributed by atoms with Crippen molar-refractivity contribution in [2.45, 2.75) is 39.2 Å². The number of nitrogens with zero attached hydrogens (tertiary/aromatic N) is 1. The van der Waals surface area contributed by atoms with Gasteiger partial charge in [-0.25, -0.2) is 0 Å². The van der Waals surface area contributed by atoms with Gasteiger partial charge in [-0.05, 0) is 43.5 Å². The van der Waals surface area contributed by atoms with Gasteiger partial charge in [-0.3, -0.25) is 0 Å². The molecular formula is C17H27NO2. The lowest BCUT2D eigenvalue weighted by molar-refractivity contribution is 0.0290. The molecule has 1 saturated heterocycles. The molecule has 1 aromatic carbocycles.